The van der Waals surface area contributed by atoms with Crippen molar-refractivity contribution in [1.29, 1.82) is 0 Å². The predicted octanol–water partition coefficient (Wildman–Crippen LogP) is 1.06. The van der Waals surface area contributed by atoms with E-state index in [0.717, 1.165) is 31.4 Å². The van der Waals surface area contributed by atoms with Crippen molar-refractivity contribution in [2.24, 2.45) is 17.1 Å². The first-order valence-corrected chi connectivity index (χ1v) is 7.67. The van der Waals surface area contributed by atoms with Crippen LogP contribution in [0, 0.1) is 11.3 Å². The van der Waals surface area contributed by atoms with Gasteiger partial charge in [-0.2, -0.15) is 0 Å². The number of nitrogens with one attached hydrogen (secondary N) is 1. The summed E-state index contributed by atoms with van der Waals surface area (Å²) in [5.41, 5.74) is 5.67. The monoisotopic (exact) mass is 284 g/mol. The zero-order chi connectivity index (χ0) is 14.6. The van der Waals surface area contributed by atoms with Gasteiger partial charge in [0.05, 0.1) is 12.4 Å². The van der Waals surface area contributed by atoms with Gasteiger partial charge in [0.25, 0.3) is 0 Å². The van der Waals surface area contributed by atoms with Gasteiger partial charge in [-0.25, -0.2) is 0 Å². The van der Waals surface area contributed by atoms with E-state index in [2.05, 4.69) is 18.3 Å². The van der Waals surface area contributed by atoms with Gasteiger partial charge in [-0.1, -0.05) is 6.92 Å². The summed E-state index contributed by atoms with van der Waals surface area (Å²) in [5, 5.41) is 21.3. The second-order valence-corrected chi connectivity index (χ2v) is 6.43. The number of hydrogen-bond donors (Lipinski definition) is 4. The van der Waals surface area contributed by atoms with Crippen LogP contribution in [-0.4, -0.2) is 35.8 Å². The minimum Gasteiger partial charge on any atom is -0.497 e. The molecule has 5 nitrogen and oxygen atoms in total. The lowest BCUT2D eigenvalue weighted by Gasteiger charge is -2.31. The first-order valence-electron chi connectivity index (χ1n) is 7.67. The Morgan fingerprint density at radius 3 is 2.75 bits per heavy atom. The van der Waals surface area contributed by atoms with Crippen molar-refractivity contribution in [3.8, 4) is 0 Å². The number of ether oxygens (including phenoxy) is 1. The van der Waals surface area contributed by atoms with Crippen LogP contribution in [0.25, 0.3) is 0 Å². The molecule has 2 rings (SSSR count). The van der Waals surface area contributed by atoms with Gasteiger partial charge in [0.1, 0.15) is 0 Å². The number of aliphatic hydroxyl groups excluding tert-OH is 1. The van der Waals surface area contributed by atoms with E-state index in [-0.39, 0.29) is 11.5 Å². The molecule has 2 aliphatic carbocycles. The maximum absolute atomic E-state index is 9.18. The van der Waals surface area contributed by atoms with Crippen LogP contribution in [0.3, 0.4) is 0 Å². The molecule has 5 heteroatoms. The summed E-state index contributed by atoms with van der Waals surface area (Å²) in [5.74, 6) is 1.66. The first kappa shape index (κ1) is 15.8. The standard InChI is InChI=1S/C15H28N2O3/c1-15(6-7-15)13(17-14(18)19)10-11-2-4-12(5-3-11)20-9-8-16/h4,11,13-14,17-19H,2-3,5-10,16H2,1H3. The Balaban J connectivity index is 1.82. The molecule has 116 valence electrons. The van der Waals surface area contributed by atoms with Crippen molar-refractivity contribution in [1.82, 2.24) is 5.32 Å². The van der Waals surface area contributed by atoms with E-state index in [4.69, 9.17) is 10.5 Å². The molecule has 2 unspecified atom stereocenters. The van der Waals surface area contributed by atoms with Crippen LogP contribution >= 0.6 is 0 Å². The smallest absolute Gasteiger partial charge is 0.211 e. The molecule has 0 amide bonds. The van der Waals surface area contributed by atoms with Gasteiger partial charge in [0.15, 0.2) is 0 Å². The number of allylic oxidation sites excluding steroid dienone is 2. The Morgan fingerprint density at radius 2 is 2.25 bits per heavy atom. The zero-order valence-corrected chi connectivity index (χ0v) is 12.3. The van der Waals surface area contributed by atoms with Gasteiger partial charge in [-0.15, -0.1) is 0 Å². The molecule has 1 saturated carbocycles. The molecular weight excluding hydrogens is 256 g/mol. The summed E-state index contributed by atoms with van der Waals surface area (Å²) in [7, 11) is 0. The van der Waals surface area contributed by atoms with E-state index in [9.17, 15) is 10.2 Å². The van der Waals surface area contributed by atoms with Gasteiger partial charge >= 0.3 is 0 Å². The largest absolute Gasteiger partial charge is 0.497 e. The first-order chi connectivity index (χ1) is 9.53. The third kappa shape index (κ3) is 4.45. The van der Waals surface area contributed by atoms with Crippen LogP contribution in [0.2, 0.25) is 0 Å². The van der Waals surface area contributed by atoms with Crippen LogP contribution in [-0.2, 0) is 4.74 Å². The summed E-state index contributed by atoms with van der Waals surface area (Å²) in [4.78, 5) is 0. The van der Waals surface area contributed by atoms with Crippen LogP contribution in [0.5, 0.6) is 0 Å². The van der Waals surface area contributed by atoms with E-state index in [0.29, 0.717) is 19.1 Å². The molecule has 0 bridgehead atoms. The Hall–Kier alpha value is -0.620. The molecule has 0 radical (unpaired) electrons. The van der Waals surface area contributed by atoms with Gasteiger partial charge in [-0.3, -0.25) is 5.32 Å². The lowest BCUT2D eigenvalue weighted by Crippen LogP contribution is -2.44. The minimum absolute atomic E-state index is 0.187. The van der Waals surface area contributed by atoms with Crippen molar-refractivity contribution in [2.75, 3.05) is 13.2 Å². The molecule has 0 aromatic heterocycles. The van der Waals surface area contributed by atoms with Crippen molar-refractivity contribution in [3.63, 3.8) is 0 Å². The average molecular weight is 284 g/mol. The number of hydrogen-bond acceptors (Lipinski definition) is 5. The SMILES string of the molecule is CC1(C(CC2CC=C(OCCN)CC2)NC(O)O)CC1. The Labute approximate surface area is 121 Å². The Morgan fingerprint density at radius 1 is 1.50 bits per heavy atom. The summed E-state index contributed by atoms with van der Waals surface area (Å²) >= 11 is 0. The molecule has 0 aromatic carbocycles. The maximum atomic E-state index is 9.18. The molecule has 0 aromatic rings. The topological polar surface area (TPSA) is 87.7 Å². The van der Waals surface area contributed by atoms with E-state index >= 15 is 0 Å². The summed E-state index contributed by atoms with van der Waals surface area (Å²) in [6.07, 6.45) is 7.17. The quantitative estimate of drug-likeness (QED) is 0.501. The number of nitrogens with two attached hydrogens (primary N) is 1. The molecule has 20 heavy (non-hydrogen) atoms. The Bertz CT molecular complexity index is 340. The fraction of sp³-hybridized carbons (Fsp3) is 0.867. The maximum Gasteiger partial charge on any atom is 0.211 e. The molecule has 0 aliphatic heterocycles. The van der Waals surface area contributed by atoms with Gasteiger partial charge in [0.2, 0.25) is 6.41 Å². The van der Waals surface area contributed by atoms with Crippen molar-refractivity contribution in [3.05, 3.63) is 11.8 Å². The molecule has 2 atom stereocenters. The van der Waals surface area contributed by atoms with Crippen molar-refractivity contribution in [2.45, 2.75) is 57.9 Å². The van der Waals surface area contributed by atoms with Crippen molar-refractivity contribution < 1.29 is 14.9 Å². The van der Waals surface area contributed by atoms with E-state index in [1.54, 1.807) is 0 Å². The summed E-state index contributed by atoms with van der Waals surface area (Å²) in [6, 6.07) is 0.187. The fourth-order valence-electron chi connectivity index (χ4n) is 3.01. The third-order valence-corrected chi connectivity index (χ3v) is 4.68. The second-order valence-electron chi connectivity index (χ2n) is 6.43. The van der Waals surface area contributed by atoms with Crippen LogP contribution in [0.15, 0.2) is 11.8 Å². The number of aliphatic hydroxyl groups is 2. The van der Waals surface area contributed by atoms with Crippen molar-refractivity contribution >= 4 is 0 Å². The highest BCUT2D eigenvalue weighted by atomic mass is 16.5. The van der Waals surface area contributed by atoms with Gasteiger partial charge < -0.3 is 20.7 Å². The second kappa shape index (κ2) is 6.89. The van der Waals surface area contributed by atoms with E-state index in [1.807, 2.05) is 0 Å². The Kier molecular flexibility index (Phi) is 5.43. The minimum atomic E-state index is -1.42. The molecule has 1 fully saturated rings. The normalized spacial score (nSPS) is 26.2. The van der Waals surface area contributed by atoms with Crippen LogP contribution < -0.4 is 11.1 Å². The molecule has 0 heterocycles. The van der Waals surface area contributed by atoms with Gasteiger partial charge in [-0.05, 0) is 49.5 Å². The highest BCUT2D eigenvalue weighted by Gasteiger charge is 2.45. The molecule has 5 N–H and O–H groups in total. The predicted molar refractivity (Wildman–Crippen MR) is 77.5 cm³/mol. The summed E-state index contributed by atoms with van der Waals surface area (Å²) in [6.45, 7) is 3.37. The molecule has 0 saturated heterocycles. The number of rotatable bonds is 8. The molecule has 0 spiro atoms. The van der Waals surface area contributed by atoms with E-state index in [1.165, 1.54) is 12.8 Å². The lowest BCUT2D eigenvalue weighted by molar-refractivity contribution is -0.0806. The molecular formula is C15H28N2O3. The highest BCUT2D eigenvalue weighted by molar-refractivity contribution is 5.03. The summed E-state index contributed by atoms with van der Waals surface area (Å²) < 4.78 is 5.57. The highest BCUT2D eigenvalue weighted by Crippen LogP contribution is 2.50. The van der Waals surface area contributed by atoms with Gasteiger partial charge in [0, 0.05) is 19.0 Å². The lowest BCUT2D eigenvalue weighted by atomic mass is 9.83. The fourth-order valence-corrected chi connectivity index (χ4v) is 3.01. The van der Waals surface area contributed by atoms with Crippen LogP contribution in [0.1, 0.15) is 45.4 Å². The average Bonchev–Trinajstić information content (AvgIpc) is 3.16. The molecule has 2 aliphatic rings. The van der Waals surface area contributed by atoms with Crippen LogP contribution in [0.4, 0.5) is 0 Å². The third-order valence-electron chi connectivity index (χ3n) is 4.68. The van der Waals surface area contributed by atoms with E-state index < -0.39 is 6.41 Å². The zero-order valence-electron chi connectivity index (χ0n) is 12.3.